The molecule has 0 fully saturated rings. The van der Waals surface area contributed by atoms with Crippen molar-refractivity contribution in [2.75, 3.05) is 19.5 Å². The van der Waals surface area contributed by atoms with E-state index in [4.69, 9.17) is 9.47 Å². The van der Waals surface area contributed by atoms with Crippen LogP contribution >= 0.6 is 0 Å². The number of rotatable bonds is 3. The van der Waals surface area contributed by atoms with Gasteiger partial charge >= 0.3 is 0 Å². The normalized spacial score (nSPS) is 16.5. The quantitative estimate of drug-likeness (QED) is 0.913. The number of carbonyl (C=O) groups excluding carboxylic acids is 1. The molecule has 0 unspecified atom stereocenters. The fourth-order valence-corrected chi connectivity index (χ4v) is 2.92. The van der Waals surface area contributed by atoms with Crippen molar-refractivity contribution in [1.82, 2.24) is 0 Å². The number of nitrogens with one attached hydrogen (secondary N) is 1. The van der Waals surface area contributed by atoms with E-state index >= 15 is 0 Å². The molecule has 5 nitrogen and oxygen atoms in total. The molecule has 0 saturated carbocycles. The van der Waals surface area contributed by atoms with E-state index in [0.29, 0.717) is 22.7 Å². The maximum absolute atomic E-state index is 13.3. The first-order valence-corrected chi connectivity index (χ1v) is 7.07. The molecule has 23 heavy (non-hydrogen) atoms. The Bertz CT molecular complexity index is 775. The number of fused-ring (bicyclic) bond motifs is 1. The molecule has 0 aliphatic carbocycles. The highest BCUT2D eigenvalue weighted by atomic mass is 19.1. The fourth-order valence-electron chi connectivity index (χ4n) is 2.92. The molecule has 1 amide bonds. The summed E-state index contributed by atoms with van der Waals surface area (Å²) in [5, 5.41) is 12.9. The zero-order chi connectivity index (χ0) is 16.6. The van der Waals surface area contributed by atoms with Gasteiger partial charge in [0, 0.05) is 41.7 Å². The molecule has 0 aromatic heterocycles. The molecule has 0 radical (unpaired) electrons. The van der Waals surface area contributed by atoms with E-state index in [-0.39, 0.29) is 18.1 Å². The molecule has 2 aromatic rings. The second-order valence-corrected chi connectivity index (χ2v) is 5.30. The SMILES string of the molecule is COc1cc2c(c(OC)c1)[C@H](c1ccc(F)cc1O)CC(=O)N2. The summed E-state index contributed by atoms with van der Waals surface area (Å²) in [4.78, 5) is 12.0. The van der Waals surface area contributed by atoms with Gasteiger partial charge in [-0.3, -0.25) is 4.79 Å². The van der Waals surface area contributed by atoms with Gasteiger partial charge in [-0.1, -0.05) is 6.07 Å². The van der Waals surface area contributed by atoms with Gasteiger partial charge in [0.15, 0.2) is 0 Å². The van der Waals surface area contributed by atoms with Crippen molar-refractivity contribution in [3.63, 3.8) is 0 Å². The summed E-state index contributed by atoms with van der Waals surface area (Å²) in [6.45, 7) is 0. The van der Waals surface area contributed by atoms with Gasteiger partial charge in [-0.15, -0.1) is 0 Å². The average Bonchev–Trinajstić information content (AvgIpc) is 2.52. The molecule has 2 N–H and O–H groups in total. The molecule has 1 atom stereocenters. The molecule has 6 heteroatoms. The lowest BCUT2D eigenvalue weighted by atomic mass is 9.83. The van der Waals surface area contributed by atoms with Gasteiger partial charge in [0.2, 0.25) is 5.91 Å². The second kappa shape index (κ2) is 5.79. The molecule has 1 aliphatic rings. The van der Waals surface area contributed by atoms with Gasteiger partial charge in [-0.2, -0.15) is 0 Å². The largest absolute Gasteiger partial charge is 0.508 e. The van der Waals surface area contributed by atoms with Crippen LogP contribution in [0, 0.1) is 5.82 Å². The molecule has 0 spiro atoms. The number of phenols is 1. The highest BCUT2D eigenvalue weighted by Gasteiger charge is 2.32. The van der Waals surface area contributed by atoms with Gasteiger partial charge in [0.05, 0.1) is 19.9 Å². The lowest BCUT2D eigenvalue weighted by Crippen LogP contribution is -2.24. The molecule has 0 bridgehead atoms. The number of ether oxygens (including phenoxy) is 2. The van der Waals surface area contributed by atoms with Crippen molar-refractivity contribution in [3.05, 3.63) is 47.3 Å². The first-order chi connectivity index (χ1) is 11.0. The van der Waals surface area contributed by atoms with Crippen LogP contribution in [0.3, 0.4) is 0 Å². The molecule has 0 saturated heterocycles. The average molecular weight is 317 g/mol. The third kappa shape index (κ3) is 2.67. The van der Waals surface area contributed by atoms with Crippen molar-refractivity contribution >= 4 is 11.6 Å². The summed E-state index contributed by atoms with van der Waals surface area (Å²) in [6, 6.07) is 7.20. The predicted octanol–water partition coefficient (Wildman–Crippen LogP) is 3.02. The number of methoxy groups -OCH3 is 2. The number of hydrogen-bond donors (Lipinski definition) is 2. The minimum Gasteiger partial charge on any atom is -0.508 e. The van der Waals surface area contributed by atoms with E-state index in [1.54, 1.807) is 12.1 Å². The summed E-state index contributed by atoms with van der Waals surface area (Å²) in [6.07, 6.45) is 0.134. The van der Waals surface area contributed by atoms with Crippen LogP contribution in [0.2, 0.25) is 0 Å². The smallest absolute Gasteiger partial charge is 0.225 e. The van der Waals surface area contributed by atoms with Crippen LogP contribution in [0.15, 0.2) is 30.3 Å². The maximum Gasteiger partial charge on any atom is 0.225 e. The topological polar surface area (TPSA) is 67.8 Å². The molecule has 1 heterocycles. The van der Waals surface area contributed by atoms with Crippen molar-refractivity contribution in [3.8, 4) is 17.2 Å². The Hall–Kier alpha value is -2.76. The first kappa shape index (κ1) is 15.1. The lowest BCUT2D eigenvalue weighted by Gasteiger charge is -2.28. The standard InChI is InChI=1S/C17H16FNO4/c1-22-10-6-13-17(15(7-10)23-2)12(8-16(21)19-13)11-4-3-9(18)5-14(11)20/h3-7,12,20H,8H2,1-2H3,(H,19,21)/t12-/m0/s1. The van der Waals surface area contributed by atoms with Gasteiger partial charge in [-0.25, -0.2) is 4.39 Å². The molecule has 1 aliphatic heterocycles. The fraction of sp³-hybridized carbons (Fsp3) is 0.235. The Labute approximate surface area is 132 Å². The van der Waals surface area contributed by atoms with Crippen LogP contribution in [-0.4, -0.2) is 25.2 Å². The third-order valence-electron chi connectivity index (χ3n) is 3.95. The van der Waals surface area contributed by atoms with Crippen molar-refractivity contribution in [2.45, 2.75) is 12.3 Å². The van der Waals surface area contributed by atoms with Gasteiger partial charge in [0.25, 0.3) is 0 Å². The van der Waals surface area contributed by atoms with Crippen LogP contribution in [0.5, 0.6) is 17.2 Å². The number of phenolic OH excluding ortho intramolecular Hbond substituents is 1. The third-order valence-corrected chi connectivity index (χ3v) is 3.95. The monoisotopic (exact) mass is 317 g/mol. The minimum absolute atomic E-state index is 0.134. The van der Waals surface area contributed by atoms with Crippen LogP contribution in [0.25, 0.3) is 0 Å². The summed E-state index contributed by atoms with van der Waals surface area (Å²) >= 11 is 0. The molecule has 3 rings (SSSR count). The number of anilines is 1. The Morgan fingerprint density at radius 3 is 2.65 bits per heavy atom. The van der Waals surface area contributed by atoms with Crippen LogP contribution in [0.1, 0.15) is 23.5 Å². The number of hydrogen-bond acceptors (Lipinski definition) is 4. The van der Waals surface area contributed by atoms with E-state index in [9.17, 15) is 14.3 Å². The van der Waals surface area contributed by atoms with E-state index in [0.717, 1.165) is 11.6 Å². The molecule has 120 valence electrons. The van der Waals surface area contributed by atoms with Crippen LogP contribution in [-0.2, 0) is 4.79 Å². The second-order valence-electron chi connectivity index (χ2n) is 5.30. The van der Waals surface area contributed by atoms with Crippen molar-refractivity contribution in [1.29, 1.82) is 0 Å². The summed E-state index contributed by atoms with van der Waals surface area (Å²) in [5.74, 6) is -0.262. The van der Waals surface area contributed by atoms with Crippen LogP contribution in [0.4, 0.5) is 10.1 Å². The number of amides is 1. The predicted molar refractivity (Wildman–Crippen MR) is 82.7 cm³/mol. The number of carbonyl (C=O) groups is 1. The lowest BCUT2D eigenvalue weighted by molar-refractivity contribution is -0.116. The number of halogens is 1. The molecular weight excluding hydrogens is 301 g/mol. The van der Waals surface area contributed by atoms with E-state index < -0.39 is 11.7 Å². The van der Waals surface area contributed by atoms with E-state index in [2.05, 4.69) is 5.32 Å². The van der Waals surface area contributed by atoms with Gasteiger partial charge in [0.1, 0.15) is 23.1 Å². The Morgan fingerprint density at radius 2 is 2.00 bits per heavy atom. The van der Waals surface area contributed by atoms with Crippen molar-refractivity contribution < 1.29 is 23.8 Å². The van der Waals surface area contributed by atoms with Gasteiger partial charge in [-0.05, 0) is 6.07 Å². The highest BCUT2D eigenvalue weighted by molar-refractivity contribution is 5.96. The van der Waals surface area contributed by atoms with E-state index in [1.165, 1.54) is 26.4 Å². The van der Waals surface area contributed by atoms with Gasteiger partial charge < -0.3 is 19.9 Å². The molecule has 2 aromatic carbocycles. The summed E-state index contributed by atoms with van der Waals surface area (Å²) in [7, 11) is 3.04. The Kier molecular flexibility index (Phi) is 3.82. The summed E-state index contributed by atoms with van der Waals surface area (Å²) in [5.41, 5.74) is 1.77. The maximum atomic E-state index is 13.3. The molecular formula is C17H16FNO4. The zero-order valence-electron chi connectivity index (χ0n) is 12.7. The zero-order valence-corrected chi connectivity index (χ0v) is 12.7. The van der Waals surface area contributed by atoms with Crippen molar-refractivity contribution in [2.24, 2.45) is 0 Å². The Balaban J connectivity index is 2.20. The number of aromatic hydroxyl groups is 1. The minimum atomic E-state index is -0.534. The Morgan fingerprint density at radius 1 is 1.22 bits per heavy atom. The first-order valence-electron chi connectivity index (χ1n) is 7.07. The summed E-state index contributed by atoms with van der Waals surface area (Å²) < 4.78 is 23.9. The van der Waals surface area contributed by atoms with E-state index in [1.807, 2.05) is 0 Å². The highest BCUT2D eigenvalue weighted by Crippen LogP contribution is 2.46. The van der Waals surface area contributed by atoms with Crippen LogP contribution < -0.4 is 14.8 Å². The number of benzene rings is 2.